The number of thiocarbonyl (C=S) groups is 1. The van der Waals surface area contributed by atoms with Gasteiger partial charge in [0, 0.05) is 38.1 Å². The Balaban J connectivity index is 1.40. The number of carbonyl (C=O) groups is 1. The van der Waals surface area contributed by atoms with Crippen molar-refractivity contribution in [1.82, 2.24) is 20.3 Å². The summed E-state index contributed by atoms with van der Waals surface area (Å²) < 4.78 is 62.1. The third kappa shape index (κ3) is 5.28. The third-order valence-corrected chi connectivity index (χ3v) is 7.15. The Morgan fingerprint density at radius 1 is 1.12 bits per heavy atom. The van der Waals surface area contributed by atoms with Gasteiger partial charge in [0.1, 0.15) is 17.9 Å². The van der Waals surface area contributed by atoms with E-state index in [9.17, 15) is 22.8 Å². The van der Waals surface area contributed by atoms with Crippen LogP contribution < -0.4 is 31.2 Å². The lowest BCUT2D eigenvalue weighted by Gasteiger charge is -2.37. The molecule has 1 amide bonds. The highest BCUT2D eigenvalue weighted by molar-refractivity contribution is 7.80. The smallest absolute Gasteiger partial charge is 0.416 e. The number of ether oxygens (including phenoxy) is 1. The summed E-state index contributed by atoms with van der Waals surface area (Å²) >= 11 is 5.07. The van der Waals surface area contributed by atoms with Crippen LogP contribution in [0.1, 0.15) is 28.9 Å². The Kier molecular flexibility index (Phi) is 7.31. The molecule has 0 aliphatic carbocycles. The summed E-state index contributed by atoms with van der Waals surface area (Å²) in [6.45, 7) is 4.73. The van der Waals surface area contributed by atoms with Crippen molar-refractivity contribution < 1.29 is 27.1 Å². The molecule has 0 bridgehead atoms. The van der Waals surface area contributed by atoms with Gasteiger partial charge in [0.15, 0.2) is 16.7 Å². The lowest BCUT2D eigenvalue weighted by atomic mass is 10.0. The van der Waals surface area contributed by atoms with Gasteiger partial charge in [0.2, 0.25) is 5.43 Å². The summed E-state index contributed by atoms with van der Waals surface area (Å²) in [6, 6.07) is 5.24. The van der Waals surface area contributed by atoms with E-state index in [1.165, 1.54) is 18.3 Å². The summed E-state index contributed by atoms with van der Waals surface area (Å²) in [7, 11) is 1.99. The molecule has 1 unspecified atom stereocenters. The zero-order valence-corrected chi connectivity index (χ0v) is 22.4. The summed E-state index contributed by atoms with van der Waals surface area (Å²) in [6.07, 6.45) is -3.14. The van der Waals surface area contributed by atoms with Gasteiger partial charge in [-0.1, -0.05) is 6.07 Å². The van der Waals surface area contributed by atoms with Crippen LogP contribution in [0.3, 0.4) is 0 Å². The first kappa shape index (κ1) is 27.6. The fourth-order valence-electron chi connectivity index (χ4n) is 4.81. The van der Waals surface area contributed by atoms with E-state index in [4.69, 9.17) is 17.0 Å². The number of aromatic nitrogens is 1. The number of nitrogens with zero attached hydrogens (tertiary/aromatic N) is 3. The standard InChI is InChI=1S/C26H26F4N6O3S/c1-14-13-39-23-20-17(11-19(27)21(23)35-8-6-34(2)7-9-35)22(37)18(12-36(14)20)24(38)32-33-25(40)31-16-5-3-4-15(10-16)26(28,29)30/h3-5,10-12,14H,6-9,13H2,1-2H3,(H,32,38)(H2,31,33,40). The van der Waals surface area contributed by atoms with Gasteiger partial charge >= 0.3 is 6.18 Å². The number of nitrogens with one attached hydrogen (secondary N) is 3. The molecule has 3 heterocycles. The van der Waals surface area contributed by atoms with Crippen molar-refractivity contribution in [2.75, 3.05) is 50.1 Å². The number of carbonyl (C=O) groups excluding carboxylic acids is 1. The molecule has 5 rings (SSSR count). The van der Waals surface area contributed by atoms with Gasteiger partial charge in [-0.2, -0.15) is 13.2 Å². The first-order valence-electron chi connectivity index (χ1n) is 12.5. The highest BCUT2D eigenvalue weighted by Crippen LogP contribution is 2.42. The predicted octanol–water partition coefficient (Wildman–Crippen LogP) is 3.50. The normalized spacial score (nSPS) is 17.4. The van der Waals surface area contributed by atoms with Crippen molar-refractivity contribution in [3.05, 3.63) is 63.7 Å². The highest BCUT2D eigenvalue weighted by Gasteiger charge is 2.32. The van der Waals surface area contributed by atoms with E-state index >= 15 is 4.39 Å². The molecule has 2 aromatic carbocycles. The number of rotatable bonds is 3. The Hall–Kier alpha value is -3.91. The van der Waals surface area contributed by atoms with Crippen molar-refractivity contribution in [3.63, 3.8) is 0 Å². The maximum Gasteiger partial charge on any atom is 0.416 e. The topological polar surface area (TPSA) is 90.9 Å². The second-order valence-electron chi connectivity index (χ2n) is 9.77. The molecule has 1 aromatic heterocycles. The number of benzene rings is 2. The van der Waals surface area contributed by atoms with Gasteiger partial charge in [0.25, 0.3) is 5.91 Å². The third-order valence-electron chi connectivity index (χ3n) is 6.94. The minimum atomic E-state index is -4.54. The molecule has 1 atom stereocenters. The van der Waals surface area contributed by atoms with Crippen molar-refractivity contribution in [2.45, 2.75) is 19.1 Å². The zero-order valence-electron chi connectivity index (χ0n) is 21.6. The van der Waals surface area contributed by atoms with E-state index in [0.29, 0.717) is 24.3 Å². The average Bonchev–Trinajstić information content (AvgIpc) is 2.90. The van der Waals surface area contributed by atoms with Crippen LogP contribution in [0.4, 0.5) is 28.9 Å². The number of anilines is 2. The Morgan fingerprint density at radius 2 is 1.85 bits per heavy atom. The molecule has 0 radical (unpaired) electrons. The molecule has 3 aromatic rings. The maximum atomic E-state index is 15.5. The van der Waals surface area contributed by atoms with E-state index in [2.05, 4.69) is 21.1 Å². The molecule has 3 N–H and O–H groups in total. The molecule has 0 saturated carbocycles. The van der Waals surface area contributed by atoms with E-state index in [-0.39, 0.29) is 40.1 Å². The van der Waals surface area contributed by atoms with Gasteiger partial charge in [-0.25, -0.2) is 4.39 Å². The van der Waals surface area contributed by atoms with Gasteiger partial charge < -0.3 is 24.4 Å². The van der Waals surface area contributed by atoms with Crippen LogP contribution in [0.25, 0.3) is 10.9 Å². The lowest BCUT2D eigenvalue weighted by molar-refractivity contribution is -0.137. The molecule has 1 fully saturated rings. The Bertz CT molecular complexity index is 1550. The van der Waals surface area contributed by atoms with E-state index < -0.39 is 28.9 Å². The molecule has 9 nitrogen and oxygen atoms in total. The number of hydrogen-bond donors (Lipinski definition) is 3. The summed E-state index contributed by atoms with van der Waals surface area (Å²) in [5.41, 5.74) is 3.57. The van der Waals surface area contributed by atoms with Gasteiger partial charge in [-0.05, 0) is 50.5 Å². The van der Waals surface area contributed by atoms with Crippen LogP contribution in [-0.2, 0) is 6.18 Å². The number of pyridine rings is 1. The zero-order chi connectivity index (χ0) is 28.8. The summed E-state index contributed by atoms with van der Waals surface area (Å²) in [4.78, 5) is 30.4. The van der Waals surface area contributed by atoms with E-state index in [1.54, 1.807) is 4.57 Å². The summed E-state index contributed by atoms with van der Waals surface area (Å²) in [5, 5.41) is 2.34. The largest absolute Gasteiger partial charge is 0.487 e. The Labute approximate surface area is 231 Å². The number of hydrogen-bond acceptors (Lipinski definition) is 6. The van der Waals surface area contributed by atoms with Crippen molar-refractivity contribution in [1.29, 1.82) is 0 Å². The van der Waals surface area contributed by atoms with Crippen molar-refractivity contribution >= 4 is 45.5 Å². The molecule has 14 heteroatoms. The molecular weight excluding hydrogens is 552 g/mol. The van der Waals surface area contributed by atoms with E-state index in [0.717, 1.165) is 31.3 Å². The molecule has 40 heavy (non-hydrogen) atoms. The minimum absolute atomic E-state index is 0.00533. The van der Waals surface area contributed by atoms with Gasteiger partial charge in [-0.15, -0.1) is 0 Å². The quantitative estimate of drug-likeness (QED) is 0.247. The second kappa shape index (κ2) is 10.6. The summed E-state index contributed by atoms with van der Waals surface area (Å²) in [5.74, 6) is -1.20. The number of amides is 1. The highest BCUT2D eigenvalue weighted by atomic mass is 32.1. The van der Waals surface area contributed by atoms with Crippen LogP contribution in [0.15, 0.2) is 41.3 Å². The molecule has 2 aliphatic rings. The first-order chi connectivity index (χ1) is 18.9. The van der Waals surface area contributed by atoms with Gasteiger partial charge in [-0.3, -0.25) is 20.4 Å². The van der Waals surface area contributed by atoms with E-state index in [1.807, 2.05) is 18.9 Å². The van der Waals surface area contributed by atoms with Gasteiger partial charge in [0.05, 0.1) is 22.5 Å². The lowest BCUT2D eigenvalue weighted by Crippen LogP contribution is -2.46. The van der Waals surface area contributed by atoms with Crippen LogP contribution >= 0.6 is 12.2 Å². The SMILES string of the molecule is CC1COc2c(N3CCN(C)CC3)c(F)cc3c(=O)c(C(=O)NNC(=S)Nc4cccc(C(F)(F)F)c4)cn1c23. The number of piperazine rings is 1. The number of likely N-dealkylation sites (N-methyl/N-ethyl adjacent to an activating group) is 1. The maximum absolute atomic E-state index is 15.5. The molecular formula is C26H26F4N6O3S. The number of halogens is 4. The van der Waals surface area contributed by atoms with Crippen LogP contribution in [0.5, 0.6) is 5.75 Å². The van der Waals surface area contributed by atoms with Crippen LogP contribution in [-0.4, -0.2) is 60.3 Å². The Morgan fingerprint density at radius 3 is 2.55 bits per heavy atom. The minimum Gasteiger partial charge on any atom is -0.487 e. The monoisotopic (exact) mass is 578 g/mol. The van der Waals surface area contributed by atoms with Crippen molar-refractivity contribution in [2.24, 2.45) is 0 Å². The molecule has 2 aliphatic heterocycles. The average molecular weight is 579 g/mol. The number of alkyl halides is 3. The van der Waals surface area contributed by atoms with Crippen LogP contribution in [0.2, 0.25) is 0 Å². The number of hydrazine groups is 1. The fourth-order valence-corrected chi connectivity index (χ4v) is 4.98. The molecule has 0 spiro atoms. The second-order valence-corrected chi connectivity index (χ2v) is 10.2. The first-order valence-corrected chi connectivity index (χ1v) is 12.9. The molecule has 1 saturated heterocycles. The van der Waals surface area contributed by atoms with Crippen LogP contribution in [0, 0.1) is 5.82 Å². The fraction of sp³-hybridized carbons (Fsp3) is 0.346. The molecule has 212 valence electrons. The van der Waals surface area contributed by atoms with Crippen molar-refractivity contribution in [3.8, 4) is 5.75 Å². The predicted molar refractivity (Wildman–Crippen MR) is 146 cm³/mol.